The molecular formula is C25H29BrFN3O4. The highest BCUT2D eigenvalue weighted by atomic mass is 79.9. The minimum Gasteiger partial charge on any atom is -0.490 e. The monoisotopic (exact) mass is 533 g/mol. The lowest BCUT2D eigenvalue weighted by Crippen LogP contribution is -2.30. The number of hydrogen-bond donors (Lipinski definition) is 1. The van der Waals surface area contributed by atoms with Crippen LogP contribution in [0, 0.1) is 22.6 Å². The lowest BCUT2D eigenvalue weighted by atomic mass is 9.98. The molecule has 3 rings (SSSR count). The largest absolute Gasteiger partial charge is 0.490 e. The van der Waals surface area contributed by atoms with Crippen LogP contribution in [0.15, 0.2) is 24.3 Å². The molecule has 0 saturated heterocycles. The Hall–Kier alpha value is -3.12. The van der Waals surface area contributed by atoms with E-state index in [2.05, 4.69) is 0 Å². The SMILES string of the molecule is Br.CCOc1cc2c(c(F)c1OCC)C(=N)N(CC(=O)c1ccc(OCC#N)c(C(C)C)c1)C2. The summed E-state index contributed by atoms with van der Waals surface area (Å²) in [5.41, 5.74) is 2.01. The van der Waals surface area contributed by atoms with Gasteiger partial charge in [-0.2, -0.15) is 5.26 Å². The first kappa shape index (κ1) is 27.1. The number of amidine groups is 1. The standard InChI is InChI=1S/C25H28FN3O4.BrH/c1-5-31-21-12-17-13-29(25(28)22(17)23(26)24(21)32-6-2)14-19(30)16-7-8-20(33-10-9-27)18(11-16)15(3)4;/h7-8,11-12,15,28H,5-6,10,13-14H2,1-4H3;1H. The van der Waals surface area contributed by atoms with Crippen LogP contribution in [0.3, 0.4) is 0 Å². The van der Waals surface area contributed by atoms with Gasteiger partial charge in [0.15, 0.2) is 29.7 Å². The Morgan fingerprint density at radius 3 is 2.50 bits per heavy atom. The maximum Gasteiger partial charge on any atom is 0.197 e. The summed E-state index contributed by atoms with van der Waals surface area (Å²) in [6.07, 6.45) is 0. The van der Waals surface area contributed by atoms with Gasteiger partial charge in [0, 0.05) is 12.1 Å². The van der Waals surface area contributed by atoms with Gasteiger partial charge in [0.2, 0.25) is 0 Å². The maximum atomic E-state index is 15.2. The minimum atomic E-state index is -0.640. The summed E-state index contributed by atoms with van der Waals surface area (Å²) in [6, 6.07) is 8.72. The quantitative estimate of drug-likeness (QED) is 0.419. The topological polar surface area (TPSA) is 95.6 Å². The van der Waals surface area contributed by atoms with Gasteiger partial charge in [-0.25, -0.2) is 4.39 Å². The number of halogens is 2. The molecule has 1 aliphatic rings. The summed E-state index contributed by atoms with van der Waals surface area (Å²) in [4.78, 5) is 14.6. The van der Waals surface area contributed by atoms with Gasteiger partial charge in [-0.15, -0.1) is 17.0 Å². The van der Waals surface area contributed by atoms with E-state index in [1.807, 2.05) is 19.9 Å². The summed E-state index contributed by atoms with van der Waals surface area (Å²) < 4.78 is 31.7. The zero-order chi connectivity index (χ0) is 24.1. The van der Waals surface area contributed by atoms with Crippen molar-refractivity contribution in [2.45, 2.75) is 40.2 Å². The molecule has 0 unspecified atom stereocenters. The van der Waals surface area contributed by atoms with Crippen LogP contribution in [0.4, 0.5) is 4.39 Å². The third-order valence-corrected chi connectivity index (χ3v) is 5.35. The first-order valence-electron chi connectivity index (χ1n) is 10.9. The molecule has 0 spiro atoms. The van der Waals surface area contributed by atoms with Crippen LogP contribution in [0.5, 0.6) is 17.2 Å². The minimum absolute atomic E-state index is 0. The van der Waals surface area contributed by atoms with Crippen LogP contribution in [0.1, 0.15) is 60.7 Å². The number of ketones is 1. The van der Waals surface area contributed by atoms with Gasteiger partial charge in [-0.05, 0) is 55.2 Å². The van der Waals surface area contributed by atoms with Crippen LogP contribution >= 0.6 is 17.0 Å². The van der Waals surface area contributed by atoms with Crippen LogP contribution in [-0.4, -0.2) is 42.9 Å². The molecule has 0 saturated carbocycles. The number of hydrogen-bond acceptors (Lipinski definition) is 6. The predicted octanol–water partition coefficient (Wildman–Crippen LogP) is 5.25. The molecule has 0 aliphatic carbocycles. The lowest BCUT2D eigenvalue weighted by Gasteiger charge is -2.18. The van der Waals surface area contributed by atoms with Gasteiger partial charge < -0.3 is 19.1 Å². The summed E-state index contributed by atoms with van der Waals surface area (Å²) in [5.74, 6) is 0.0485. The Bertz CT molecular complexity index is 1110. The Morgan fingerprint density at radius 2 is 1.88 bits per heavy atom. The summed E-state index contributed by atoms with van der Waals surface area (Å²) in [6.45, 7) is 8.20. The summed E-state index contributed by atoms with van der Waals surface area (Å²) in [5, 5.41) is 17.3. The molecule has 0 bridgehead atoms. The van der Waals surface area contributed by atoms with Crippen molar-refractivity contribution in [1.29, 1.82) is 10.7 Å². The second-order valence-corrected chi connectivity index (χ2v) is 7.90. The number of nitrogens with one attached hydrogen (secondary N) is 1. The van der Waals surface area contributed by atoms with E-state index in [0.717, 1.165) is 5.56 Å². The van der Waals surface area contributed by atoms with Crippen molar-refractivity contribution in [3.63, 3.8) is 0 Å². The molecule has 2 aromatic rings. The van der Waals surface area contributed by atoms with Crippen LogP contribution < -0.4 is 14.2 Å². The van der Waals surface area contributed by atoms with E-state index < -0.39 is 5.82 Å². The molecule has 34 heavy (non-hydrogen) atoms. The highest BCUT2D eigenvalue weighted by Gasteiger charge is 2.33. The van der Waals surface area contributed by atoms with E-state index in [-0.39, 0.29) is 72.1 Å². The van der Waals surface area contributed by atoms with Crippen LogP contribution in [-0.2, 0) is 6.54 Å². The van der Waals surface area contributed by atoms with E-state index in [1.54, 1.807) is 38.1 Å². The molecule has 0 atom stereocenters. The van der Waals surface area contributed by atoms with Crippen molar-refractivity contribution < 1.29 is 23.4 Å². The Morgan fingerprint density at radius 1 is 1.18 bits per heavy atom. The van der Waals surface area contributed by atoms with Gasteiger partial charge in [0.05, 0.1) is 25.3 Å². The smallest absolute Gasteiger partial charge is 0.197 e. The maximum absolute atomic E-state index is 15.2. The van der Waals surface area contributed by atoms with Crippen molar-refractivity contribution in [2.75, 3.05) is 26.4 Å². The Balaban J connectivity index is 0.00000408. The predicted molar refractivity (Wildman–Crippen MR) is 132 cm³/mol. The van der Waals surface area contributed by atoms with Crippen molar-refractivity contribution >= 4 is 28.6 Å². The van der Waals surface area contributed by atoms with Crippen molar-refractivity contribution in [2.24, 2.45) is 0 Å². The first-order chi connectivity index (χ1) is 15.8. The highest BCUT2D eigenvalue weighted by Crippen LogP contribution is 2.39. The number of carbonyl (C=O) groups is 1. The number of ether oxygens (including phenoxy) is 3. The molecule has 9 heteroatoms. The number of Topliss-reactive ketones (excluding diaryl/α,β-unsaturated/α-hetero) is 1. The lowest BCUT2D eigenvalue weighted by molar-refractivity contribution is 0.0962. The Labute approximate surface area is 209 Å². The van der Waals surface area contributed by atoms with Gasteiger partial charge in [-0.1, -0.05) is 13.8 Å². The fourth-order valence-corrected chi connectivity index (χ4v) is 3.84. The van der Waals surface area contributed by atoms with Gasteiger partial charge >= 0.3 is 0 Å². The summed E-state index contributed by atoms with van der Waals surface area (Å²) >= 11 is 0. The molecule has 2 aromatic carbocycles. The molecule has 0 fully saturated rings. The highest BCUT2D eigenvalue weighted by molar-refractivity contribution is 8.93. The number of benzene rings is 2. The molecule has 0 amide bonds. The van der Waals surface area contributed by atoms with Crippen LogP contribution in [0.25, 0.3) is 0 Å². The zero-order valence-electron chi connectivity index (χ0n) is 19.7. The number of nitriles is 1. The Kier molecular flexibility index (Phi) is 9.45. The second-order valence-electron chi connectivity index (χ2n) is 7.90. The summed E-state index contributed by atoms with van der Waals surface area (Å²) in [7, 11) is 0. The molecule has 0 aromatic heterocycles. The van der Waals surface area contributed by atoms with Crippen LogP contribution in [0.2, 0.25) is 0 Å². The zero-order valence-corrected chi connectivity index (χ0v) is 21.4. The van der Waals surface area contributed by atoms with Gasteiger partial charge in [0.1, 0.15) is 17.7 Å². The number of nitrogens with zero attached hydrogens (tertiary/aromatic N) is 2. The van der Waals surface area contributed by atoms with Crippen molar-refractivity contribution in [3.8, 4) is 23.3 Å². The average molecular weight is 534 g/mol. The fourth-order valence-electron chi connectivity index (χ4n) is 3.84. The van der Waals surface area contributed by atoms with E-state index in [0.29, 0.717) is 29.2 Å². The van der Waals surface area contributed by atoms with E-state index in [1.165, 1.54) is 4.90 Å². The normalized spacial score (nSPS) is 12.1. The molecular weight excluding hydrogens is 505 g/mol. The fraction of sp³-hybridized carbons (Fsp3) is 0.400. The third-order valence-electron chi connectivity index (χ3n) is 5.35. The van der Waals surface area contributed by atoms with Crippen molar-refractivity contribution in [3.05, 3.63) is 52.3 Å². The van der Waals surface area contributed by atoms with E-state index in [4.69, 9.17) is 24.9 Å². The number of rotatable bonds is 10. The van der Waals surface area contributed by atoms with Crippen molar-refractivity contribution in [1.82, 2.24) is 4.90 Å². The van der Waals surface area contributed by atoms with Gasteiger partial charge in [-0.3, -0.25) is 10.2 Å². The van der Waals surface area contributed by atoms with E-state index in [9.17, 15) is 4.79 Å². The third kappa shape index (κ3) is 5.50. The van der Waals surface area contributed by atoms with E-state index >= 15 is 4.39 Å². The van der Waals surface area contributed by atoms with Gasteiger partial charge in [0.25, 0.3) is 0 Å². The molecule has 1 aliphatic heterocycles. The number of fused-ring (bicyclic) bond motifs is 1. The molecule has 7 nitrogen and oxygen atoms in total. The number of carbonyl (C=O) groups excluding carboxylic acids is 1. The molecule has 1 heterocycles. The average Bonchev–Trinajstić information content (AvgIpc) is 3.09. The first-order valence-corrected chi connectivity index (χ1v) is 10.9. The molecule has 182 valence electrons. The second kappa shape index (κ2) is 11.8. The molecule has 1 N–H and O–H groups in total. The molecule has 0 radical (unpaired) electrons.